The number of carbonyl (C=O) groups is 2. The number of nitrogens with two attached hydrogens (primary N) is 1. The molecule has 0 bridgehead atoms. The van der Waals surface area contributed by atoms with Crippen LogP contribution in [0.3, 0.4) is 0 Å². The monoisotopic (exact) mass is 359 g/mol. The Morgan fingerprint density at radius 3 is 2.42 bits per heavy atom. The minimum atomic E-state index is -0.948. The first-order valence-corrected chi connectivity index (χ1v) is 8.06. The minimum absolute atomic E-state index is 0.119. The van der Waals surface area contributed by atoms with E-state index in [0.29, 0.717) is 11.1 Å². The lowest BCUT2D eigenvalue weighted by atomic mass is 10.1. The number of phenols is 2. The van der Waals surface area contributed by atoms with E-state index in [-0.39, 0.29) is 24.5 Å². The van der Waals surface area contributed by atoms with Gasteiger partial charge < -0.3 is 25.4 Å². The highest BCUT2D eigenvalue weighted by molar-refractivity contribution is 5.89. The number of hydrogen-bond acceptors (Lipinski definition) is 7. The number of aromatic hydroxyl groups is 2. The average molecular weight is 359 g/mol. The van der Waals surface area contributed by atoms with Gasteiger partial charge >= 0.3 is 11.9 Å². The molecule has 2 atom stereocenters. The molecule has 0 amide bonds. The molecular weight excluding hydrogens is 338 g/mol. The Morgan fingerprint density at radius 1 is 1.08 bits per heavy atom. The second-order valence-corrected chi connectivity index (χ2v) is 5.85. The van der Waals surface area contributed by atoms with Gasteiger partial charge in [-0.2, -0.15) is 0 Å². The van der Waals surface area contributed by atoms with Crippen molar-refractivity contribution < 1.29 is 29.3 Å². The van der Waals surface area contributed by atoms with Gasteiger partial charge in [0.15, 0.2) is 11.5 Å². The van der Waals surface area contributed by atoms with Crippen molar-refractivity contribution in [2.24, 2.45) is 5.73 Å². The molecule has 7 heteroatoms. The van der Waals surface area contributed by atoms with E-state index in [2.05, 4.69) is 0 Å². The molecule has 4 N–H and O–H groups in total. The van der Waals surface area contributed by atoms with Gasteiger partial charge in [-0.25, -0.2) is 4.79 Å². The summed E-state index contributed by atoms with van der Waals surface area (Å²) in [7, 11) is 0. The molecule has 138 valence electrons. The summed E-state index contributed by atoms with van der Waals surface area (Å²) in [5.74, 6) is -1.69. The second-order valence-electron chi connectivity index (χ2n) is 5.85. The van der Waals surface area contributed by atoms with Crippen LogP contribution in [0.2, 0.25) is 0 Å². The van der Waals surface area contributed by atoms with Crippen LogP contribution in [0.4, 0.5) is 0 Å². The van der Waals surface area contributed by atoms with Gasteiger partial charge in [0.25, 0.3) is 0 Å². The highest BCUT2D eigenvalue weighted by atomic mass is 16.6. The maximum atomic E-state index is 12.0. The Labute approximate surface area is 151 Å². The standard InChI is InChI=1S/C19H21NO6/c1-12(26-18(23)14-5-3-2-4-6-14)11-25-19(24)15(20)9-13-7-8-16(21)17(22)10-13/h2-8,10,12,15,21-22H,9,11,20H2,1H3. The molecule has 2 aromatic carbocycles. The zero-order valence-corrected chi connectivity index (χ0v) is 14.3. The third kappa shape index (κ3) is 5.49. The van der Waals surface area contributed by atoms with E-state index >= 15 is 0 Å². The SMILES string of the molecule is CC(COC(=O)C(N)Cc1ccc(O)c(O)c1)OC(=O)c1ccccc1. The van der Waals surface area contributed by atoms with Crippen LogP contribution in [0, 0.1) is 0 Å². The summed E-state index contributed by atoms with van der Waals surface area (Å²) in [4.78, 5) is 23.9. The van der Waals surface area contributed by atoms with Gasteiger partial charge in [-0.15, -0.1) is 0 Å². The first-order valence-electron chi connectivity index (χ1n) is 8.06. The predicted molar refractivity (Wildman–Crippen MR) is 93.7 cm³/mol. The molecule has 0 fully saturated rings. The summed E-state index contributed by atoms with van der Waals surface area (Å²) in [6, 6.07) is 11.7. The number of benzene rings is 2. The molecule has 2 rings (SSSR count). The van der Waals surface area contributed by atoms with Gasteiger partial charge in [-0.05, 0) is 43.2 Å². The summed E-state index contributed by atoms with van der Waals surface area (Å²) in [5.41, 5.74) is 6.78. The summed E-state index contributed by atoms with van der Waals surface area (Å²) in [6.45, 7) is 1.49. The molecule has 0 aromatic heterocycles. The Hall–Kier alpha value is -3.06. The zero-order valence-electron chi connectivity index (χ0n) is 14.3. The Balaban J connectivity index is 1.79. The van der Waals surface area contributed by atoms with E-state index in [4.69, 9.17) is 15.2 Å². The molecule has 0 aliphatic carbocycles. The van der Waals surface area contributed by atoms with Gasteiger partial charge in [0.2, 0.25) is 0 Å². The molecule has 0 radical (unpaired) electrons. The first kappa shape index (κ1) is 19.3. The quantitative estimate of drug-likeness (QED) is 0.509. The molecule has 26 heavy (non-hydrogen) atoms. The number of phenolic OH excluding ortho intramolecular Hbond substituents is 2. The summed E-state index contributed by atoms with van der Waals surface area (Å²) in [5, 5.41) is 18.7. The van der Waals surface area contributed by atoms with Gasteiger partial charge in [0, 0.05) is 0 Å². The second kappa shape index (κ2) is 8.87. The van der Waals surface area contributed by atoms with Crippen molar-refractivity contribution in [2.75, 3.05) is 6.61 Å². The van der Waals surface area contributed by atoms with E-state index in [0.717, 1.165) is 0 Å². The highest BCUT2D eigenvalue weighted by Gasteiger charge is 2.19. The van der Waals surface area contributed by atoms with Crippen LogP contribution in [0.25, 0.3) is 0 Å². The highest BCUT2D eigenvalue weighted by Crippen LogP contribution is 2.25. The van der Waals surface area contributed by atoms with Crippen molar-refractivity contribution >= 4 is 11.9 Å². The van der Waals surface area contributed by atoms with E-state index in [1.54, 1.807) is 43.3 Å². The number of hydrogen-bond donors (Lipinski definition) is 3. The minimum Gasteiger partial charge on any atom is -0.504 e. The molecule has 2 aromatic rings. The van der Waals surface area contributed by atoms with Crippen molar-refractivity contribution in [3.05, 3.63) is 59.7 Å². The van der Waals surface area contributed by atoms with Crippen LogP contribution in [0.1, 0.15) is 22.8 Å². The van der Waals surface area contributed by atoms with Crippen molar-refractivity contribution in [2.45, 2.75) is 25.5 Å². The van der Waals surface area contributed by atoms with Crippen LogP contribution in [-0.2, 0) is 20.7 Å². The van der Waals surface area contributed by atoms with Crippen LogP contribution in [0.5, 0.6) is 11.5 Å². The van der Waals surface area contributed by atoms with Crippen molar-refractivity contribution in [1.29, 1.82) is 0 Å². The largest absolute Gasteiger partial charge is 0.504 e. The fourth-order valence-corrected chi connectivity index (χ4v) is 2.20. The molecule has 0 aliphatic heterocycles. The van der Waals surface area contributed by atoms with Gasteiger partial charge in [0.05, 0.1) is 5.56 Å². The zero-order chi connectivity index (χ0) is 19.1. The maximum absolute atomic E-state index is 12.0. The molecule has 2 unspecified atom stereocenters. The molecular formula is C19H21NO6. The molecule has 0 spiro atoms. The van der Waals surface area contributed by atoms with E-state index < -0.39 is 24.1 Å². The van der Waals surface area contributed by atoms with E-state index in [1.165, 1.54) is 12.1 Å². The number of ether oxygens (including phenoxy) is 2. The average Bonchev–Trinajstić information content (AvgIpc) is 2.63. The lowest BCUT2D eigenvalue weighted by Crippen LogP contribution is -2.36. The molecule has 0 aliphatic rings. The molecule has 0 heterocycles. The van der Waals surface area contributed by atoms with Crippen molar-refractivity contribution in [3.63, 3.8) is 0 Å². The third-order valence-electron chi connectivity index (χ3n) is 3.58. The summed E-state index contributed by atoms with van der Waals surface area (Å²) < 4.78 is 10.3. The lowest BCUT2D eigenvalue weighted by Gasteiger charge is -2.16. The fourth-order valence-electron chi connectivity index (χ4n) is 2.20. The lowest BCUT2D eigenvalue weighted by molar-refractivity contribution is -0.148. The Bertz CT molecular complexity index is 762. The summed E-state index contributed by atoms with van der Waals surface area (Å²) in [6.07, 6.45) is -0.498. The van der Waals surface area contributed by atoms with Crippen molar-refractivity contribution in [1.82, 2.24) is 0 Å². The van der Waals surface area contributed by atoms with Gasteiger partial charge in [0.1, 0.15) is 18.8 Å². The van der Waals surface area contributed by atoms with Crippen LogP contribution < -0.4 is 5.73 Å². The van der Waals surface area contributed by atoms with Crippen LogP contribution in [-0.4, -0.2) is 40.9 Å². The molecule has 0 saturated carbocycles. The first-order chi connectivity index (χ1) is 12.4. The number of carbonyl (C=O) groups excluding carboxylic acids is 2. The molecule has 0 saturated heterocycles. The van der Waals surface area contributed by atoms with Crippen LogP contribution >= 0.6 is 0 Å². The normalized spacial score (nSPS) is 12.8. The number of rotatable bonds is 7. The Morgan fingerprint density at radius 2 is 1.77 bits per heavy atom. The van der Waals surface area contributed by atoms with Gasteiger partial charge in [-0.1, -0.05) is 24.3 Å². The summed E-state index contributed by atoms with van der Waals surface area (Å²) >= 11 is 0. The third-order valence-corrected chi connectivity index (χ3v) is 3.58. The van der Waals surface area contributed by atoms with Crippen molar-refractivity contribution in [3.8, 4) is 11.5 Å². The van der Waals surface area contributed by atoms with E-state index in [9.17, 15) is 19.8 Å². The van der Waals surface area contributed by atoms with Gasteiger partial charge in [-0.3, -0.25) is 4.79 Å². The smallest absolute Gasteiger partial charge is 0.338 e. The molecule has 7 nitrogen and oxygen atoms in total. The van der Waals surface area contributed by atoms with E-state index in [1.807, 2.05) is 0 Å². The fraction of sp³-hybridized carbons (Fsp3) is 0.263. The Kier molecular flexibility index (Phi) is 6.57. The number of esters is 2. The maximum Gasteiger partial charge on any atom is 0.338 e. The topological polar surface area (TPSA) is 119 Å². The van der Waals surface area contributed by atoms with Crippen LogP contribution in [0.15, 0.2) is 48.5 Å². The predicted octanol–water partition coefficient (Wildman–Crippen LogP) is 1.76.